The first-order valence-corrected chi connectivity index (χ1v) is 10.2. The molecule has 0 bridgehead atoms. The lowest BCUT2D eigenvalue weighted by molar-refractivity contribution is -0.126. The number of morpholine rings is 1. The predicted octanol–water partition coefficient (Wildman–Crippen LogP) is 0.888. The minimum atomic E-state index is -3.41. The summed E-state index contributed by atoms with van der Waals surface area (Å²) in [4.78, 5) is 12.4. The zero-order valence-electron chi connectivity index (χ0n) is 14.6. The summed E-state index contributed by atoms with van der Waals surface area (Å²) in [5.41, 5.74) is 0.864. The highest BCUT2D eigenvalue weighted by Gasteiger charge is 2.25. The van der Waals surface area contributed by atoms with E-state index in [1.165, 1.54) is 0 Å². The quantitative estimate of drug-likeness (QED) is 0.762. The Hall–Kier alpha value is -1.19. The number of ether oxygens (including phenoxy) is 1. The van der Waals surface area contributed by atoms with Gasteiger partial charge in [-0.3, -0.25) is 4.79 Å². The lowest BCUT2D eigenvalue weighted by Crippen LogP contribution is -2.51. The Morgan fingerprint density at radius 1 is 1.19 bits per heavy atom. The van der Waals surface area contributed by atoms with Gasteiger partial charge in [-0.1, -0.05) is 18.6 Å². The number of nitrogens with one attached hydrogen (secondary N) is 2. The highest BCUT2D eigenvalue weighted by atomic mass is 35.5. The summed E-state index contributed by atoms with van der Waals surface area (Å²) < 4.78 is 32.0. The van der Waals surface area contributed by atoms with Gasteiger partial charge in [-0.25, -0.2) is 8.42 Å². The van der Waals surface area contributed by atoms with Crippen LogP contribution in [0.3, 0.4) is 0 Å². The molecule has 2 N–H and O–H groups in total. The third-order valence-corrected chi connectivity index (χ3v) is 6.49. The van der Waals surface area contributed by atoms with Crippen molar-refractivity contribution in [3.05, 3.63) is 29.8 Å². The summed E-state index contributed by atoms with van der Waals surface area (Å²) in [6, 6.07) is 6.41. The molecule has 2 aliphatic heterocycles. The Balaban J connectivity index is 0.00000243. The van der Waals surface area contributed by atoms with Gasteiger partial charge in [0.25, 0.3) is 0 Å². The first-order valence-electron chi connectivity index (χ1n) is 8.75. The SMILES string of the molecule is Cl.O=C(NCc1ccc(S(=O)(=O)N2CCCCC2)cc1)C1COCCN1. The predicted molar refractivity (Wildman–Crippen MR) is 101 cm³/mol. The Bertz CT molecular complexity index is 684. The van der Waals surface area contributed by atoms with Crippen molar-refractivity contribution in [3.63, 3.8) is 0 Å². The largest absolute Gasteiger partial charge is 0.378 e. The molecule has 1 unspecified atom stereocenters. The van der Waals surface area contributed by atoms with Gasteiger partial charge in [-0.2, -0.15) is 4.31 Å². The Labute approximate surface area is 160 Å². The van der Waals surface area contributed by atoms with E-state index in [9.17, 15) is 13.2 Å². The van der Waals surface area contributed by atoms with Gasteiger partial charge in [0.2, 0.25) is 15.9 Å². The minimum Gasteiger partial charge on any atom is -0.378 e. The van der Waals surface area contributed by atoms with Gasteiger partial charge in [0, 0.05) is 26.2 Å². The van der Waals surface area contributed by atoms with Crippen molar-refractivity contribution in [3.8, 4) is 0 Å². The molecule has 146 valence electrons. The van der Waals surface area contributed by atoms with Crippen LogP contribution in [0.1, 0.15) is 24.8 Å². The molecule has 2 heterocycles. The normalized spacial score (nSPS) is 21.6. The van der Waals surface area contributed by atoms with E-state index in [-0.39, 0.29) is 24.4 Å². The summed E-state index contributed by atoms with van der Waals surface area (Å²) in [6.07, 6.45) is 2.93. The topological polar surface area (TPSA) is 87.7 Å². The van der Waals surface area contributed by atoms with Gasteiger partial charge in [0.15, 0.2) is 0 Å². The highest BCUT2D eigenvalue weighted by molar-refractivity contribution is 7.89. The highest BCUT2D eigenvalue weighted by Crippen LogP contribution is 2.20. The second-order valence-electron chi connectivity index (χ2n) is 6.41. The molecule has 3 rings (SSSR count). The fourth-order valence-corrected chi connectivity index (χ4v) is 4.60. The summed E-state index contributed by atoms with van der Waals surface area (Å²) in [5, 5.41) is 5.95. The number of rotatable bonds is 5. The van der Waals surface area contributed by atoms with Gasteiger partial charge >= 0.3 is 0 Å². The van der Waals surface area contributed by atoms with Gasteiger partial charge in [-0.05, 0) is 30.5 Å². The average Bonchev–Trinajstić information content (AvgIpc) is 2.68. The van der Waals surface area contributed by atoms with Crippen LogP contribution in [0.2, 0.25) is 0 Å². The Morgan fingerprint density at radius 2 is 1.88 bits per heavy atom. The molecule has 1 amide bonds. The number of carbonyl (C=O) groups is 1. The van der Waals surface area contributed by atoms with Crippen LogP contribution in [0.5, 0.6) is 0 Å². The molecule has 2 aliphatic rings. The van der Waals surface area contributed by atoms with E-state index in [0.717, 1.165) is 24.8 Å². The molecular formula is C17H26ClN3O4S. The van der Waals surface area contributed by atoms with Crippen LogP contribution in [-0.2, 0) is 26.1 Å². The summed E-state index contributed by atoms with van der Waals surface area (Å²) in [7, 11) is -3.41. The monoisotopic (exact) mass is 403 g/mol. The molecule has 9 heteroatoms. The third-order valence-electron chi connectivity index (χ3n) is 4.58. The number of amides is 1. The Kier molecular flexibility index (Phi) is 7.85. The molecule has 0 aliphatic carbocycles. The van der Waals surface area contributed by atoms with Crippen LogP contribution < -0.4 is 10.6 Å². The average molecular weight is 404 g/mol. The van der Waals surface area contributed by atoms with Crippen LogP contribution in [-0.4, -0.2) is 57.5 Å². The maximum absolute atomic E-state index is 12.6. The smallest absolute Gasteiger partial charge is 0.243 e. The van der Waals surface area contributed by atoms with E-state index in [1.54, 1.807) is 28.6 Å². The van der Waals surface area contributed by atoms with Gasteiger partial charge in [-0.15, -0.1) is 12.4 Å². The van der Waals surface area contributed by atoms with Crippen LogP contribution in [0.4, 0.5) is 0 Å². The van der Waals surface area contributed by atoms with Crippen molar-refractivity contribution in [1.29, 1.82) is 0 Å². The zero-order valence-corrected chi connectivity index (χ0v) is 16.3. The molecular weight excluding hydrogens is 378 g/mol. The Morgan fingerprint density at radius 3 is 2.50 bits per heavy atom. The number of piperidine rings is 1. The number of benzene rings is 1. The van der Waals surface area contributed by atoms with Crippen LogP contribution in [0.15, 0.2) is 29.2 Å². The summed E-state index contributed by atoms with van der Waals surface area (Å²) >= 11 is 0. The number of hydrogen-bond donors (Lipinski definition) is 2. The molecule has 7 nitrogen and oxygen atoms in total. The molecule has 2 saturated heterocycles. The maximum Gasteiger partial charge on any atom is 0.243 e. The standard InChI is InChI=1S/C17H25N3O4S.ClH/c21-17(16-13-24-11-8-18-16)19-12-14-4-6-15(7-5-14)25(22,23)20-9-2-1-3-10-20;/h4-7,16,18H,1-3,8-13H2,(H,19,21);1H. The first-order chi connectivity index (χ1) is 12.1. The molecule has 26 heavy (non-hydrogen) atoms. The second-order valence-corrected chi connectivity index (χ2v) is 8.35. The van der Waals surface area contributed by atoms with Crippen molar-refractivity contribution >= 4 is 28.3 Å². The van der Waals surface area contributed by atoms with Gasteiger partial charge in [0.1, 0.15) is 6.04 Å². The lowest BCUT2D eigenvalue weighted by atomic mass is 10.2. The fourth-order valence-electron chi connectivity index (χ4n) is 3.08. The summed E-state index contributed by atoms with van der Waals surface area (Å²) in [5.74, 6) is -0.107. The second kappa shape index (κ2) is 9.66. The van der Waals surface area contributed by atoms with Crippen molar-refractivity contribution < 1.29 is 17.9 Å². The number of hydrogen-bond acceptors (Lipinski definition) is 5. The van der Waals surface area contributed by atoms with Crippen LogP contribution >= 0.6 is 12.4 Å². The first kappa shape index (κ1) is 21.1. The van der Waals surface area contributed by atoms with E-state index in [2.05, 4.69) is 10.6 Å². The van der Waals surface area contributed by atoms with Crippen molar-refractivity contribution in [1.82, 2.24) is 14.9 Å². The van der Waals surface area contributed by atoms with E-state index in [0.29, 0.717) is 44.3 Å². The molecule has 2 fully saturated rings. The maximum atomic E-state index is 12.6. The fraction of sp³-hybridized carbons (Fsp3) is 0.588. The van der Waals surface area contributed by atoms with Crippen molar-refractivity contribution in [2.45, 2.75) is 36.7 Å². The molecule has 0 spiro atoms. The summed E-state index contributed by atoms with van der Waals surface area (Å²) in [6.45, 7) is 3.21. The molecule has 1 aromatic rings. The van der Waals surface area contributed by atoms with E-state index in [1.807, 2.05) is 0 Å². The van der Waals surface area contributed by atoms with Crippen LogP contribution in [0, 0.1) is 0 Å². The van der Waals surface area contributed by atoms with Crippen molar-refractivity contribution in [2.75, 3.05) is 32.8 Å². The van der Waals surface area contributed by atoms with Gasteiger partial charge < -0.3 is 15.4 Å². The van der Waals surface area contributed by atoms with Crippen molar-refractivity contribution in [2.24, 2.45) is 0 Å². The number of halogens is 1. The molecule has 0 radical (unpaired) electrons. The molecule has 1 aromatic carbocycles. The molecule has 0 aromatic heterocycles. The van der Waals surface area contributed by atoms with E-state index < -0.39 is 10.0 Å². The number of nitrogens with zero attached hydrogens (tertiary/aromatic N) is 1. The van der Waals surface area contributed by atoms with Gasteiger partial charge in [0.05, 0.1) is 18.1 Å². The molecule has 1 atom stereocenters. The van der Waals surface area contributed by atoms with Crippen LogP contribution in [0.25, 0.3) is 0 Å². The third kappa shape index (κ3) is 5.17. The lowest BCUT2D eigenvalue weighted by Gasteiger charge is -2.26. The van der Waals surface area contributed by atoms with E-state index >= 15 is 0 Å². The number of carbonyl (C=O) groups excluding carboxylic acids is 1. The zero-order chi connectivity index (χ0) is 17.7. The number of sulfonamides is 1. The minimum absolute atomic E-state index is 0. The van der Waals surface area contributed by atoms with E-state index in [4.69, 9.17) is 4.74 Å². The molecule has 0 saturated carbocycles.